The topological polar surface area (TPSA) is 29.3 Å². The summed E-state index contributed by atoms with van der Waals surface area (Å²) in [6.45, 7) is 3.39. The summed E-state index contributed by atoms with van der Waals surface area (Å²) in [7, 11) is 0. The van der Waals surface area contributed by atoms with Gasteiger partial charge in [0.15, 0.2) is 0 Å². The van der Waals surface area contributed by atoms with Crippen LogP contribution in [0.25, 0.3) is 0 Å². The highest BCUT2D eigenvalue weighted by atomic mass is 35.5. The Morgan fingerprint density at radius 2 is 1.58 bits per heavy atom. The summed E-state index contributed by atoms with van der Waals surface area (Å²) in [4.78, 5) is 2.66. The van der Waals surface area contributed by atoms with E-state index in [2.05, 4.69) is 11.0 Å². The Kier molecular flexibility index (Phi) is 11.1. The second-order valence-corrected chi connectivity index (χ2v) is 8.01. The molecule has 150 valence electrons. The van der Waals surface area contributed by atoms with Crippen molar-refractivity contribution in [2.75, 3.05) is 19.6 Å². The Bertz CT molecular complexity index is 499. The number of halogens is 3. The van der Waals surface area contributed by atoms with Gasteiger partial charge in [-0.25, -0.2) is 4.39 Å². The van der Waals surface area contributed by atoms with E-state index in [0.717, 1.165) is 23.8 Å². The van der Waals surface area contributed by atoms with Crippen molar-refractivity contribution in [3.8, 4) is 0 Å². The molecule has 3 rings (SSSR count). The van der Waals surface area contributed by atoms with E-state index in [9.17, 15) is 4.39 Å². The van der Waals surface area contributed by atoms with E-state index >= 15 is 0 Å². The van der Waals surface area contributed by atoms with Crippen molar-refractivity contribution >= 4 is 24.8 Å². The maximum atomic E-state index is 12.8. The van der Waals surface area contributed by atoms with Crippen LogP contribution in [0.3, 0.4) is 0 Å². The maximum Gasteiger partial charge on any atom is 0.115 e. The predicted octanol–water partition coefficient (Wildman–Crippen LogP) is 5.16. The van der Waals surface area contributed by atoms with E-state index in [0.29, 0.717) is 6.04 Å². The zero-order valence-corrected chi connectivity index (χ0v) is 17.4. The van der Waals surface area contributed by atoms with Crippen molar-refractivity contribution in [3.05, 3.63) is 35.4 Å². The zero-order chi connectivity index (χ0) is 16.8. The third-order valence-electron chi connectivity index (χ3n) is 6.12. The zero-order valence-electron chi connectivity index (χ0n) is 15.7. The molecule has 1 saturated heterocycles. The number of hydrogen-bond donors (Lipinski definition) is 1. The molecule has 1 aliphatic heterocycles. The summed E-state index contributed by atoms with van der Waals surface area (Å²) in [5, 5.41) is 0. The maximum absolute atomic E-state index is 12.8. The van der Waals surface area contributed by atoms with Gasteiger partial charge >= 0.3 is 0 Å². The Morgan fingerprint density at radius 3 is 2.23 bits per heavy atom. The van der Waals surface area contributed by atoms with E-state index in [1.54, 1.807) is 0 Å². The molecule has 2 fully saturated rings. The molecule has 0 atom stereocenters. The van der Waals surface area contributed by atoms with Gasteiger partial charge in [0.2, 0.25) is 0 Å². The number of rotatable bonds is 6. The molecule has 1 aromatic rings. The van der Waals surface area contributed by atoms with Gasteiger partial charge in [-0.2, -0.15) is 0 Å². The van der Waals surface area contributed by atoms with Crippen LogP contribution in [-0.4, -0.2) is 30.6 Å². The molecule has 0 spiro atoms. The molecule has 5 heteroatoms. The third-order valence-corrected chi connectivity index (χ3v) is 6.12. The Morgan fingerprint density at radius 1 is 0.923 bits per heavy atom. The Balaban J connectivity index is 0.00000169. The number of likely N-dealkylation sites (tertiary alicyclic amines) is 1. The van der Waals surface area contributed by atoms with Crippen LogP contribution in [0.15, 0.2) is 24.3 Å². The fraction of sp³-hybridized carbons (Fsp3) is 0.714. The second kappa shape index (κ2) is 12.2. The van der Waals surface area contributed by atoms with Crippen LogP contribution in [0, 0.1) is 11.8 Å². The largest absolute Gasteiger partial charge is 0.328 e. The minimum Gasteiger partial charge on any atom is -0.328 e. The quantitative estimate of drug-likeness (QED) is 0.708. The van der Waals surface area contributed by atoms with Crippen LogP contribution in [0.1, 0.15) is 56.1 Å². The van der Waals surface area contributed by atoms with E-state index in [1.807, 2.05) is 18.2 Å². The van der Waals surface area contributed by atoms with Crippen LogP contribution in [0.2, 0.25) is 0 Å². The lowest BCUT2D eigenvalue weighted by Crippen LogP contribution is -2.36. The number of nitrogens with zero attached hydrogens (tertiary/aromatic N) is 1. The van der Waals surface area contributed by atoms with E-state index in [4.69, 9.17) is 5.73 Å². The molecule has 1 aliphatic carbocycles. The SMILES string of the molecule is Cl.Cl.NC1CCC(CCN2CCC(Cc3cccc(CF)c3)CC2)CC1. The van der Waals surface area contributed by atoms with Crippen molar-refractivity contribution in [1.82, 2.24) is 4.90 Å². The number of piperidine rings is 1. The fourth-order valence-electron chi connectivity index (χ4n) is 4.43. The molecule has 26 heavy (non-hydrogen) atoms. The molecular weight excluding hydrogens is 370 g/mol. The standard InChI is InChI=1S/C21H33FN2.2ClH/c22-16-20-3-1-2-19(15-20)14-18-9-12-24(13-10-18)11-8-17-4-6-21(23)7-5-17;;/h1-3,15,17-18,21H,4-14,16,23H2;2*1H. The highest BCUT2D eigenvalue weighted by molar-refractivity contribution is 5.85. The monoisotopic (exact) mass is 404 g/mol. The summed E-state index contributed by atoms with van der Waals surface area (Å²) in [5.74, 6) is 1.68. The summed E-state index contributed by atoms with van der Waals surface area (Å²) in [6, 6.07) is 8.53. The van der Waals surface area contributed by atoms with Gasteiger partial charge in [-0.1, -0.05) is 24.3 Å². The molecule has 0 radical (unpaired) electrons. The van der Waals surface area contributed by atoms with Gasteiger partial charge in [0.05, 0.1) is 0 Å². The first-order valence-electron chi connectivity index (χ1n) is 9.84. The smallest absolute Gasteiger partial charge is 0.115 e. The lowest BCUT2D eigenvalue weighted by molar-refractivity contribution is 0.165. The number of alkyl halides is 1. The van der Waals surface area contributed by atoms with E-state index < -0.39 is 0 Å². The van der Waals surface area contributed by atoms with Gasteiger partial charge in [-0.3, -0.25) is 0 Å². The molecule has 1 aromatic carbocycles. The lowest BCUT2D eigenvalue weighted by Gasteiger charge is -2.34. The van der Waals surface area contributed by atoms with Crippen molar-refractivity contribution in [3.63, 3.8) is 0 Å². The van der Waals surface area contributed by atoms with Crippen molar-refractivity contribution < 1.29 is 4.39 Å². The van der Waals surface area contributed by atoms with Crippen LogP contribution in [0.5, 0.6) is 0 Å². The first kappa shape index (κ1) is 23.7. The number of nitrogens with two attached hydrogens (primary N) is 1. The summed E-state index contributed by atoms with van der Waals surface area (Å²) in [6.07, 6.45) is 10.2. The first-order chi connectivity index (χ1) is 11.7. The Hall–Kier alpha value is -0.350. The fourth-order valence-corrected chi connectivity index (χ4v) is 4.43. The summed E-state index contributed by atoms with van der Waals surface area (Å²) < 4.78 is 12.8. The van der Waals surface area contributed by atoms with Gasteiger partial charge in [0, 0.05) is 6.04 Å². The van der Waals surface area contributed by atoms with E-state index in [-0.39, 0.29) is 31.5 Å². The molecule has 1 heterocycles. The average molecular weight is 405 g/mol. The molecule has 1 saturated carbocycles. The van der Waals surface area contributed by atoms with Gasteiger partial charge in [-0.15, -0.1) is 24.8 Å². The van der Waals surface area contributed by atoms with E-state index in [1.165, 1.54) is 70.1 Å². The highest BCUT2D eigenvalue weighted by Crippen LogP contribution is 2.27. The third kappa shape index (κ3) is 7.34. The first-order valence-corrected chi connectivity index (χ1v) is 9.84. The molecule has 2 aliphatic rings. The molecule has 0 bridgehead atoms. The second-order valence-electron chi connectivity index (χ2n) is 8.01. The normalized spacial score (nSPS) is 24.5. The van der Waals surface area contributed by atoms with Gasteiger partial charge in [0.1, 0.15) is 6.67 Å². The summed E-state index contributed by atoms with van der Waals surface area (Å²) in [5.41, 5.74) is 8.13. The Labute approximate surface area is 170 Å². The molecule has 0 aromatic heterocycles. The van der Waals surface area contributed by atoms with Crippen LogP contribution >= 0.6 is 24.8 Å². The number of hydrogen-bond acceptors (Lipinski definition) is 2. The minimum absolute atomic E-state index is 0. The van der Waals surface area contributed by atoms with Gasteiger partial charge < -0.3 is 10.6 Å². The molecule has 2 nitrogen and oxygen atoms in total. The molecule has 0 unspecified atom stereocenters. The predicted molar refractivity (Wildman–Crippen MR) is 113 cm³/mol. The average Bonchev–Trinajstić information content (AvgIpc) is 2.63. The van der Waals surface area contributed by atoms with Crippen LogP contribution in [0.4, 0.5) is 4.39 Å². The van der Waals surface area contributed by atoms with Crippen molar-refractivity contribution in [2.45, 2.75) is 64.1 Å². The van der Waals surface area contributed by atoms with Crippen molar-refractivity contribution in [2.24, 2.45) is 17.6 Å². The highest BCUT2D eigenvalue weighted by Gasteiger charge is 2.22. The molecule has 2 N–H and O–H groups in total. The minimum atomic E-state index is -0.349. The molecule has 0 amide bonds. The molecular formula is C21H35Cl2FN2. The van der Waals surface area contributed by atoms with Crippen LogP contribution in [-0.2, 0) is 13.1 Å². The van der Waals surface area contributed by atoms with Crippen LogP contribution < -0.4 is 5.73 Å². The van der Waals surface area contributed by atoms with Gasteiger partial charge in [-0.05, 0) is 94.0 Å². The number of benzene rings is 1. The summed E-state index contributed by atoms with van der Waals surface area (Å²) >= 11 is 0. The van der Waals surface area contributed by atoms with Gasteiger partial charge in [0.25, 0.3) is 0 Å². The van der Waals surface area contributed by atoms with Crippen molar-refractivity contribution in [1.29, 1.82) is 0 Å². The lowest BCUT2D eigenvalue weighted by atomic mass is 9.84.